The number of nitrogens with zero attached hydrogens (tertiary/aromatic N) is 2. The Kier molecular flexibility index (Phi) is 4.96. The van der Waals surface area contributed by atoms with Crippen LogP contribution in [0.4, 0.5) is 0 Å². The van der Waals surface area contributed by atoms with Gasteiger partial charge in [0, 0.05) is 17.7 Å². The lowest BCUT2D eigenvalue weighted by Gasteiger charge is -2.10. The molecule has 0 bridgehead atoms. The first-order valence-corrected chi connectivity index (χ1v) is 9.57. The van der Waals surface area contributed by atoms with E-state index in [0.717, 1.165) is 42.9 Å². The first kappa shape index (κ1) is 17.0. The van der Waals surface area contributed by atoms with E-state index in [2.05, 4.69) is 4.98 Å². The largest absolute Gasteiger partial charge is 0.492 e. The second kappa shape index (κ2) is 6.99. The molecule has 6 heteroatoms. The fraction of sp³-hybridized carbons (Fsp3) is 0.333. The van der Waals surface area contributed by atoms with Crippen molar-refractivity contribution >= 4 is 33.3 Å². The molecule has 3 aromatic rings. The third-order valence-corrected chi connectivity index (χ3v) is 6.13. The smallest absolute Gasteiger partial charge is 0.262 e. The highest BCUT2D eigenvalue weighted by atomic mass is 32.2. The SMILES string of the molecule is Cc1ccccc1OCCSc1nc2sc(C)c(C)c2c(=O)n1C. The molecule has 2 heterocycles. The zero-order chi connectivity index (χ0) is 17.3. The summed E-state index contributed by atoms with van der Waals surface area (Å²) in [5, 5.41) is 1.49. The van der Waals surface area contributed by atoms with Crippen LogP contribution in [0.5, 0.6) is 5.75 Å². The molecule has 0 atom stereocenters. The van der Waals surface area contributed by atoms with Gasteiger partial charge in [0.1, 0.15) is 10.6 Å². The van der Waals surface area contributed by atoms with Crippen LogP contribution >= 0.6 is 23.1 Å². The molecule has 0 saturated heterocycles. The third kappa shape index (κ3) is 3.21. The lowest BCUT2D eigenvalue weighted by atomic mass is 10.2. The molecule has 24 heavy (non-hydrogen) atoms. The Morgan fingerprint density at radius 3 is 2.75 bits per heavy atom. The van der Waals surface area contributed by atoms with Crippen molar-refractivity contribution in [1.29, 1.82) is 0 Å². The van der Waals surface area contributed by atoms with Gasteiger partial charge in [0.25, 0.3) is 5.56 Å². The number of hydrogen-bond acceptors (Lipinski definition) is 5. The molecule has 0 spiro atoms. The van der Waals surface area contributed by atoms with Crippen LogP contribution in [0.2, 0.25) is 0 Å². The Labute approximate surface area is 149 Å². The number of aromatic nitrogens is 2. The molecule has 2 aromatic heterocycles. The normalized spacial score (nSPS) is 11.2. The number of thioether (sulfide) groups is 1. The molecule has 0 aliphatic heterocycles. The van der Waals surface area contributed by atoms with Gasteiger partial charge in [-0.15, -0.1) is 11.3 Å². The number of hydrogen-bond donors (Lipinski definition) is 0. The molecule has 3 rings (SSSR count). The lowest BCUT2D eigenvalue weighted by molar-refractivity contribution is 0.341. The van der Waals surface area contributed by atoms with E-state index in [1.807, 2.05) is 45.0 Å². The molecule has 0 N–H and O–H groups in total. The van der Waals surface area contributed by atoms with Crippen LogP contribution < -0.4 is 10.3 Å². The van der Waals surface area contributed by atoms with Gasteiger partial charge in [-0.1, -0.05) is 30.0 Å². The highest BCUT2D eigenvalue weighted by molar-refractivity contribution is 7.99. The summed E-state index contributed by atoms with van der Waals surface area (Å²) in [5.74, 6) is 1.64. The number of para-hydroxylation sites is 1. The molecule has 0 saturated carbocycles. The fourth-order valence-electron chi connectivity index (χ4n) is 2.49. The van der Waals surface area contributed by atoms with Gasteiger partial charge < -0.3 is 4.74 Å². The highest BCUT2D eigenvalue weighted by Gasteiger charge is 2.14. The number of benzene rings is 1. The molecule has 0 fully saturated rings. The summed E-state index contributed by atoms with van der Waals surface area (Å²) in [6.45, 7) is 6.62. The van der Waals surface area contributed by atoms with E-state index < -0.39 is 0 Å². The van der Waals surface area contributed by atoms with Crippen molar-refractivity contribution in [3.05, 3.63) is 50.6 Å². The molecule has 4 nitrogen and oxygen atoms in total. The van der Waals surface area contributed by atoms with E-state index in [-0.39, 0.29) is 5.56 Å². The molecule has 0 amide bonds. The molecule has 0 aliphatic carbocycles. The maximum atomic E-state index is 12.6. The van der Waals surface area contributed by atoms with E-state index >= 15 is 0 Å². The Balaban J connectivity index is 1.73. The van der Waals surface area contributed by atoms with E-state index in [0.29, 0.717) is 6.61 Å². The summed E-state index contributed by atoms with van der Waals surface area (Å²) in [4.78, 5) is 19.2. The van der Waals surface area contributed by atoms with Gasteiger partial charge in [-0.05, 0) is 38.0 Å². The maximum Gasteiger partial charge on any atom is 0.262 e. The second-order valence-electron chi connectivity index (χ2n) is 5.68. The first-order chi connectivity index (χ1) is 11.5. The average molecular weight is 361 g/mol. The van der Waals surface area contributed by atoms with Gasteiger partial charge in [-0.25, -0.2) is 4.98 Å². The topological polar surface area (TPSA) is 44.1 Å². The molecule has 0 radical (unpaired) electrons. The van der Waals surface area contributed by atoms with Crippen molar-refractivity contribution in [3.63, 3.8) is 0 Å². The van der Waals surface area contributed by atoms with E-state index in [9.17, 15) is 4.79 Å². The third-order valence-electron chi connectivity index (χ3n) is 4.04. The number of fused-ring (bicyclic) bond motifs is 1. The minimum atomic E-state index is 0.0316. The zero-order valence-electron chi connectivity index (χ0n) is 14.3. The van der Waals surface area contributed by atoms with Gasteiger partial charge in [0.2, 0.25) is 0 Å². The quantitative estimate of drug-likeness (QED) is 0.390. The van der Waals surface area contributed by atoms with E-state index in [1.165, 1.54) is 0 Å². The number of thiophene rings is 1. The highest BCUT2D eigenvalue weighted by Crippen LogP contribution is 2.28. The molecular formula is C18H20N2O2S2. The van der Waals surface area contributed by atoms with Gasteiger partial charge in [0.15, 0.2) is 5.16 Å². The van der Waals surface area contributed by atoms with Crippen molar-refractivity contribution in [2.75, 3.05) is 12.4 Å². The summed E-state index contributed by atoms with van der Waals surface area (Å²) >= 11 is 3.13. The van der Waals surface area contributed by atoms with Gasteiger partial charge in [-0.2, -0.15) is 0 Å². The monoisotopic (exact) mass is 360 g/mol. The van der Waals surface area contributed by atoms with Crippen LogP contribution in [-0.4, -0.2) is 21.9 Å². The lowest BCUT2D eigenvalue weighted by Crippen LogP contribution is -2.20. The van der Waals surface area contributed by atoms with E-state index in [4.69, 9.17) is 4.74 Å². The van der Waals surface area contributed by atoms with Crippen LogP contribution in [0.3, 0.4) is 0 Å². The summed E-state index contributed by atoms with van der Waals surface area (Å²) in [6.07, 6.45) is 0. The van der Waals surface area contributed by atoms with Crippen molar-refractivity contribution < 1.29 is 4.74 Å². The maximum absolute atomic E-state index is 12.6. The molecule has 0 aliphatic rings. The predicted molar refractivity (Wildman–Crippen MR) is 102 cm³/mol. The van der Waals surface area contributed by atoms with Crippen LogP contribution in [0.1, 0.15) is 16.0 Å². The Morgan fingerprint density at radius 2 is 2.00 bits per heavy atom. The standard InChI is InChI=1S/C18H20N2O2S2/c1-11-7-5-6-8-14(11)22-9-10-23-18-19-16-15(17(21)20(18)4)12(2)13(3)24-16/h5-8H,9-10H2,1-4H3. The van der Waals surface area contributed by atoms with Crippen LogP contribution in [0.25, 0.3) is 10.2 Å². The summed E-state index contributed by atoms with van der Waals surface area (Å²) in [7, 11) is 1.78. The molecule has 1 aromatic carbocycles. The number of ether oxygens (including phenoxy) is 1. The minimum absolute atomic E-state index is 0.0316. The summed E-state index contributed by atoms with van der Waals surface area (Å²) in [6, 6.07) is 7.97. The van der Waals surface area contributed by atoms with Crippen molar-refractivity contribution in [2.24, 2.45) is 7.05 Å². The zero-order valence-corrected chi connectivity index (χ0v) is 15.9. The van der Waals surface area contributed by atoms with Crippen molar-refractivity contribution in [1.82, 2.24) is 9.55 Å². The Morgan fingerprint density at radius 1 is 1.25 bits per heavy atom. The van der Waals surface area contributed by atoms with Crippen molar-refractivity contribution in [3.8, 4) is 5.75 Å². The molecule has 0 unspecified atom stereocenters. The summed E-state index contributed by atoms with van der Waals surface area (Å²) < 4.78 is 7.44. The average Bonchev–Trinajstić information content (AvgIpc) is 2.84. The van der Waals surface area contributed by atoms with Crippen molar-refractivity contribution in [2.45, 2.75) is 25.9 Å². The summed E-state index contributed by atoms with van der Waals surface area (Å²) in [5.41, 5.74) is 2.20. The van der Waals surface area contributed by atoms with Crippen LogP contribution in [0.15, 0.2) is 34.2 Å². The van der Waals surface area contributed by atoms with Gasteiger partial charge >= 0.3 is 0 Å². The Hall–Kier alpha value is -1.79. The van der Waals surface area contributed by atoms with Gasteiger partial charge in [0.05, 0.1) is 12.0 Å². The van der Waals surface area contributed by atoms with Crippen LogP contribution in [0, 0.1) is 20.8 Å². The Bertz CT molecular complexity index is 944. The van der Waals surface area contributed by atoms with Crippen LogP contribution in [-0.2, 0) is 7.05 Å². The first-order valence-electron chi connectivity index (χ1n) is 7.77. The number of rotatable bonds is 5. The number of aryl methyl sites for hydroxylation is 3. The minimum Gasteiger partial charge on any atom is -0.492 e. The second-order valence-corrected chi connectivity index (χ2v) is 7.95. The fourth-order valence-corrected chi connectivity index (χ4v) is 4.35. The molecular weight excluding hydrogens is 340 g/mol. The predicted octanol–water partition coefficient (Wildman–Crippen LogP) is 4.09. The van der Waals surface area contributed by atoms with E-state index in [1.54, 1.807) is 34.7 Å². The van der Waals surface area contributed by atoms with Gasteiger partial charge in [-0.3, -0.25) is 9.36 Å². The molecule has 126 valence electrons.